The number of Topliss-reactive ketones (excluding diaryl/α,β-unsaturated/α-hetero) is 1. The molecule has 1 unspecified atom stereocenters. The molecule has 1 aliphatic heterocycles. The Morgan fingerprint density at radius 2 is 1.63 bits per heavy atom. The second-order valence-electron chi connectivity index (χ2n) is 6.56. The third-order valence-corrected chi connectivity index (χ3v) is 4.80. The van der Waals surface area contributed by atoms with Gasteiger partial charge in [-0.25, -0.2) is 0 Å². The van der Waals surface area contributed by atoms with Gasteiger partial charge in [0, 0.05) is 29.6 Å². The lowest BCUT2D eigenvalue weighted by Gasteiger charge is -2.24. The van der Waals surface area contributed by atoms with Crippen molar-refractivity contribution in [3.05, 3.63) is 106 Å². The topological polar surface area (TPSA) is 114 Å². The fraction of sp³-hybridized carbons (Fsp3) is 0.0455. The molecular formula is C22H15N3O5. The Hall–Kier alpha value is -4.33. The van der Waals surface area contributed by atoms with Gasteiger partial charge in [-0.05, 0) is 36.4 Å². The van der Waals surface area contributed by atoms with Crippen LogP contribution in [0.15, 0.2) is 84.6 Å². The molecule has 1 aliphatic rings. The number of hydrogen-bond donors (Lipinski definition) is 1. The van der Waals surface area contributed by atoms with Crippen LogP contribution < -0.4 is 4.90 Å². The molecule has 0 saturated carbocycles. The van der Waals surface area contributed by atoms with E-state index >= 15 is 0 Å². The molecule has 0 aliphatic carbocycles. The monoisotopic (exact) mass is 401 g/mol. The van der Waals surface area contributed by atoms with Crippen LogP contribution in [0.2, 0.25) is 0 Å². The van der Waals surface area contributed by atoms with Crippen LogP contribution in [0.1, 0.15) is 17.3 Å². The smallest absolute Gasteiger partial charge is 0.300 e. The second kappa shape index (κ2) is 7.59. The lowest BCUT2D eigenvalue weighted by atomic mass is 9.98. The Labute approximate surface area is 170 Å². The molecule has 0 spiro atoms. The van der Waals surface area contributed by atoms with E-state index in [4.69, 9.17) is 0 Å². The molecule has 1 N–H and O–H groups in total. The highest BCUT2D eigenvalue weighted by atomic mass is 16.6. The Morgan fingerprint density at radius 3 is 2.23 bits per heavy atom. The molecule has 1 atom stereocenters. The average Bonchev–Trinajstić information content (AvgIpc) is 3.05. The number of nitro benzene ring substituents is 1. The Balaban J connectivity index is 1.90. The lowest BCUT2D eigenvalue weighted by Crippen LogP contribution is -2.29. The van der Waals surface area contributed by atoms with Gasteiger partial charge in [-0.1, -0.05) is 24.3 Å². The highest BCUT2D eigenvalue weighted by molar-refractivity contribution is 6.51. The van der Waals surface area contributed by atoms with Crippen LogP contribution in [-0.2, 0) is 9.59 Å². The lowest BCUT2D eigenvalue weighted by molar-refractivity contribution is -0.384. The molecule has 2 aromatic carbocycles. The van der Waals surface area contributed by atoms with Gasteiger partial charge in [0.1, 0.15) is 11.8 Å². The van der Waals surface area contributed by atoms with Crippen molar-refractivity contribution in [2.45, 2.75) is 6.04 Å². The summed E-state index contributed by atoms with van der Waals surface area (Å²) in [6.45, 7) is 0. The Bertz CT molecular complexity index is 1160. The van der Waals surface area contributed by atoms with Crippen LogP contribution in [0.5, 0.6) is 0 Å². The summed E-state index contributed by atoms with van der Waals surface area (Å²) in [6.07, 6.45) is 1.53. The third-order valence-electron chi connectivity index (χ3n) is 4.80. The van der Waals surface area contributed by atoms with E-state index in [-0.39, 0.29) is 16.8 Å². The molecule has 3 aromatic rings. The van der Waals surface area contributed by atoms with Crippen molar-refractivity contribution in [1.82, 2.24) is 4.98 Å². The van der Waals surface area contributed by atoms with E-state index in [1.807, 2.05) is 0 Å². The summed E-state index contributed by atoms with van der Waals surface area (Å²) < 4.78 is 0. The zero-order chi connectivity index (χ0) is 21.3. The standard InChI is InChI=1S/C22H15N3O5/c26-20(14-9-11-16(12-10-14)25(29)30)18-19(17-8-4-5-13-23-17)24(22(28)21(18)27)15-6-2-1-3-7-15/h1-13,19,26H/b20-18-. The maximum absolute atomic E-state index is 12.9. The number of nitro groups is 1. The summed E-state index contributed by atoms with van der Waals surface area (Å²) in [5.74, 6) is -2.07. The third kappa shape index (κ3) is 3.20. The summed E-state index contributed by atoms with van der Waals surface area (Å²) >= 11 is 0. The predicted molar refractivity (Wildman–Crippen MR) is 109 cm³/mol. The van der Waals surface area contributed by atoms with Crippen molar-refractivity contribution in [2.24, 2.45) is 0 Å². The second-order valence-corrected chi connectivity index (χ2v) is 6.56. The van der Waals surface area contributed by atoms with Gasteiger partial charge in [0.25, 0.3) is 17.4 Å². The SMILES string of the molecule is O=C1C(=O)N(c2ccccc2)C(c2ccccn2)/C1=C(/O)c1ccc([N+](=O)[O-])cc1. The molecule has 30 heavy (non-hydrogen) atoms. The number of ketones is 1. The first-order chi connectivity index (χ1) is 14.5. The van der Waals surface area contributed by atoms with Crippen molar-refractivity contribution in [3.8, 4) is 0 Å². The number of aliphatic hydroxyl groups excluding tert-OH is 1. The van der Waals surface area contributed by atoms with Crippen molar-refractivity contribution in [2.75, 3.05) is 4.90 Å². The van der Waals surface area contributed by atoms with Crippen LogP contribution >= 0.6 is 0 Å². The van der Waals surface area contributed by atoms with Crippen LogP contribution in [0, 0.1) is 10.1 Å². The molecule has 1 fully saturated rings. The zero-order valence-electron chi connectivity index (χ0n) is 15.5. The minimum absolute atomic E-state index is 0.128. The fourth-order valence-electron chi connectivity index (χ4n) is 3.40. The normalized spacial score (nSPS) is 17.9. The van der Waals surface area contributed by atoms with Crippen molar-refractivity contribution < 1.29 is 19.6 Å². The molecule has 8 nitrogen and oxygen atoms in total. The summed E-state index contributed by atoms with van der Waals surface area (Å²) in [5, 5.41) is 21.8. The number of para-hydroxylation sites is 1. The molecule has 0 radical (unpaired) electrons. The van der Waals surface area contributed by atoms with Crippen LogP contribution in [0.4, 0.5) is 11.4 Å². The molecule has 2 heterocycles. The van der Waals surface area contributed by atoms with Gasteiger partial charge < -0.3 is 5.11 Å². The highest BCUT2D eigenvalue weighted by Gasteiger charge is 2.47. The predicted octanol–water partition coefficient (Wildman–Crippen LogP) is 3.62. The number of pyridine rings is 1. The number of aliphatic hydroxyl groups is 1. The molecule has 8 heteroatoms. The number of amides is 1. The molecular weight excluding hydrogens is 386 g/mol. The van der Waals surface area contributed by atoms with Crippen molar-refractivity contribution in [1.29, 1.82) is 0 Å². The first-order valence-corrected chi connectivity index (χ1v) is 9.01. The van der Waals surface area contributed by atoms with Crippen LogP contribution in [0.3, 0.4) is 0 Å². The number of nitrogens with zero attached hydrogens (tertiary/aromatic N) is 3. The quantitative estimate of drug-likeness (QED) is 0.235. The molecule has 0 bridgehead atoms. The molecule has 148 valence electrons. The van der Waals surface area contributed by atoms with E-state index in [0.29, 0.717) is 11.4 Å². The van der Waals surface area contributed by atoms with Gasteiger partial charge in [0.05, 0.1) is 16.2 Å². The maximum atomic E-state index is 12.9. The summed E-state index contributed by atoms with van der Waals surface area (Å²) in [7, 11) is 0. The molecule has 1 saturated heterocycles. The maximum Gasteiger partial charge on any atom is 0.300 e. The van der Waals surface area contributed by atoms with Crippen molar-refractivity contribution >= 4 is 28.8 Å². The Morgan fingerprint density at radius 1 is 0.967 bits per heavy atom. The van der Waals surface area contributed by atoms with Crippen LogP contribution in [-0.4, -0.2) is 26.7 Å². The first-order valence-electron chi connectivity index (χ1n) is 9.01. The van der Waals surface area contributed by atoms with E-state index in [1.165, 1.54) is 35.4 Å². The fourth-order valence-corrected chi connectivity index (χ4v) is 3.40. The Kier molecular flexibility index (Phi) is 4.81. The molecule has 1 amide bonds. The summed E-state index contributed by atoms with van der Waals surface area (Å²) in [4.78, 5) is 41.7. The van der Waals surface area contributed by atoms with E-state index in [1.54, 1.807) is 48.5 Å². The van der Waals surface area contributed by atoms with E-state index in [9.17, 15) is 24.8 Å². The van der Waals surface area contributed by atoms with Gasteiger partial charge >= 0.3 is 0 Å². The van der Waals surface area contributed by atoms with Gasteiger partial charge in [-0.15, -0.1) is 0 Å². The summed E-state index contributed by atoms with van der Waals surface area (Å²) in [6, 6.07) is 17.9. The number of aromatic nitrogens is 1. The number of rotatable bonds is 4. The minimum atomic E-state index is -0.941. The van der Waals surface area contributed by atoms with Gasteiger partial charge in [-0.2, -0.15) is 0 Å². The number of carbonyl (C=O) groups is 2. The van der Waals surface area contributed by atoms with Gasteiger partial charge in [0.15, 0.2) is 0 Å². The molecule has 4 rings (SSSR count). The van der Waals surface area contributed by atoms with E-state index in [2.05, 4.69) is 4.98 Å². The van der Waals surface area contributed by atoms with Crippen molar-refractivity contribution in [3.63, 3.8) is 0 Å². The van der Waals surface area contributed by atoms with E-state index < -0.39 is 28.4 Å². The number of hydrogen-bond acceptors (Lipinski definition) is 6. The zero-order valence-corrected chi connectivity index (χ0v) is 15.5. The number of anilines is 1. The van der Waals surface area contributed by atoms with Gasteiger partial charge in [0.2, 0.25) is 0 Å². The largest absolute Gasteiger partial charge is 0.507 e. The van der Waals surface area contributed by atoms with Crippen LogP contribution in [0.25, 0.3) is 5.76 Å². The number of carbonyl (C=O) groups excluding carboxylic acids is 2. The highest BCUT2D eigenvalue weighted by Crippen LogP contribution is 2.41. The minimum Gasteiger partial charge on any atom is -0.507 e. The number of benzene rings is 2. The van der Waals surface area contributed by atoms with E-state index in [0.717, 1.165) is 0 Å². The number of non-ortho nitro benzene ring substituents is 1. The van der Waals surface area contributed by atoms with Gasteiger partial charge in [-0.3, -0.25) is 29.6 Å². The first kappa shape index (κ1) is 19.0. The summed E-state index contributed by atoms with van der Waals surface area (Å²) in [5.41, 5.74) is 0.795. The molecule has 1 aromatic heterocycles. The average molecular weight is 401 g/mol.